The van der Waals surface area contributed by atoms with Crippen molar-refractivity contribution in [2.75, 3.05) is 24.1 Å². The van der Waals surface area contributed by atoms with Gasteiger partial charge < -0.3 is 16.4 Å². The quantitative estimate of drug-likeness (QED) is 0.639. The molecule has 4 rings (SSSR count). The third-order valence-electron chi connectivity index (χ3n) is 4.24. The molecule has 1 aliphatic heterocycles. The maximum atomic E-state index is 13.0. The van der Waals surface area contributed by atoms with Gasteiger partial charge in [0.15, 0.2) is 11.5 Å². The van der Waals surface area contributed by atoms with Gasteiger partial charge in [-0.2, -0.15) is 18.3 Å². The number of nitrogens with two attached hydrogens (primary N) is 1. The zero-order valence-corrected chi connectivity index (χ0v) is 13.8. The summed E-state index contributed by atoms with van der Waals surface area (Å²) >= 11 is 0. The normalized spacial score (nSPS) is 14.9. The Morgan fingerprint density at radius 1 is 1.33 bits per heavy atom. The molecule has 1 saturated heterocycles. The lowest BCUT2D eigenvalue weighted by Gasteiger charge is -2.25. The van der Waals surface area contributed by atoms with Gasteiger partial charge in [0.25, 0.3) is 0 Å². The maximum absolute atomic E-state index is 13.0. The number of hydrogen-bond acceptors (Lipinski definition) is 6. The number of nitrogens with one attached hydrogen (secondary N) is 2. The summed E-state index contributed by atoms with van der Waals surface area (Å²) in [4.78, 5) is 19.8. The molecule has 0 saturated carbocycles. The predicted octanol–water partition coefficient (Wildman–Crippen LogP) is 1.55. The van der Waals surface area contributed by atoms with Gasteiger partial charge in [-0.25, -0.2) is 14.5 Å². The highest BCUT2D eigenvalue weighted by molar-refractivity contribution is 5.92. The van der Waals surface area contributed by atoms with E-state index in [0.717, 1.165) is 6.07 Å². The molecule has 140 valence electrons. The van der Waals surface area contributed by atoms with E-state index in [9.17, 15) is 18.0 Å². The van der Waals surface area contributed by atoms with E-state index in [1.807, 2.05) is 0 Å². The molecule has 0 aromatic carbocycles. The van der Waals surface area contributed by atoms with Gasteiger partial charge in [0, 0.05) is 24.8 Å². The monoisotopic (exact) mass is 377 g/mol. The Kier molecular flexibility index (Phi) is 3.95. The minimum absolute atomic E-state index is 0.0972. The summed E-state index contributed by atoms with van der Waals surface area (Å²) in [6, 6.07) is 4.02. The maximum Gasteiger partial charge on any atom is 0.419 e. The molecule has 4 N–H and O–H groups in total. The number of carbonyl (C=O) groups is 1. The topological polar surface area (TPSA) is 110 Å². The van der Waals surface area contributed by atoms with Gasteiger partial charge in [0.1, 0.15) is 5.82 Å². The molecule has 0 bridgehead atoms. The van der Waals surface area contributed by atoms with Gasteiger partial charge in [0.05, 0.1) is 23.4 Å². The highest BCUT2D eigenvalue weighted by Crippen LogP contribution is 2.34. The molecule has 0 radical (unpaired) electrons. The lowest BCUT2D eigenvalue weighted by molar-refractivity contribution is -0.137. The number of pyridine rings is 1. The van der Waals surface area contributed by atoms with Crippen LogP contribution in [-0.4, -0.2) is 38.6 Å². The van der Waals surface area contributed by atoms with Gasteiger partial charge in [-0.15, -0.1) is 0 Å². The van der Waals surface area contributed by atoms with Crippen molar-refractivity contribution in [3.05, 3.63) is 36.2 Å². The van der Waals surface area contributed by atoms with E-state index in [1.165, 1.54) is 23.0 Å². The molecule has 1 aliphatic rings. The Labute approximate surface area is 150 Å². The molecular weight excluding hydrogens is 363 g/mol. The molecule has 4 heterocycles. The molecule has 0 unspecified atom stereocenters. The van der Waals surface area contributed by atoms with Crippen molar-refractivity contribution in [1.82, 2.24) is 24.9 Å². The number of anilines is 2. The van der Waals surface area contributed by atoms with Crippen molar-refractivity contribution in [2.24, 2.45) is 5.92 Å². The third kappa shape index (κ3) is 3.28. The highest BCUT2D eigenvalue weighted by Gasteiger charge is 2.34. The Bertz CT molecular complexity index is 1030. The SMILES string of the molecule is Nc1ncc(-c2ccc3nc(NC(=O)C4CNC4)cn3n2)cc1C(F)(F)F. The summed E-state index contributed by atoms with van der Waals surface area (Å²) in [6.45, 7) is 1.24. The molecule has 0 spiro atoms. The minimum Gasteiger partial charge on any atom is -0.383 e. The van der Waals surface area contributed by atoms with Crippen LogP contribution in [0.15, 0.2) is 30.6 Å². The second-order valence-corrected chi connectivity index (χ2v) is 6.15. The van der Waals surface area contributed by atoms with Gasteiger partial charge in [-0.3, -0.25) is 4.79 Å². The number of amides is 1. The molecule has 11 heteroatoms. The number of alkyl halides is 3. The van der Waals surface area contributed by atoms with Crippen molar-refractivity contribution in [3.63, 3.8) is 0 Å². The zero-order valence-electron chi connectivity index (χ0n) is 13.8. The van der Waals surface area contributed by atoms with E-state index in [4.69, 9.17) is 5.73 Å². The Morgan fingerprint density at radius 3 is 2.78 bits per heavy atom. The molecule has 0 atom stereocenters. The second kappa shape index (κ2) is 6.20. The molecule has 0 aliphatic carbocycles. The van der Waals surface area contributed by atoms with Gasteiger partial charge in [0.2, 0.25) is 5.91 Å². The first-order chi connectivity index (χ1) is 12.8. The van der Waals surface area contributed by atoms with Crippen LogP contribution in [0.25, 0.3) is 16.9 Å². The predicted molar refractivity (Wildman–Crippen MR) is 90.6 cm³/mol. The number of carbonyl (C=O) groups excluding carboxylic acids is 1. The first-order valence-electron chi connectivity index (χ1n) is 8.02. The molecule has 3 aromatic heterocycles. The van der Waals surface area contributed by atoms with Crippen LogP contribution in [0.5, 0.6) is 0 Å². The van der Waals surface area contributed by atoms with Crippen LogP contribution >= 0.6 is 0 Å². The van der Waals surface area contributed by atoms with Crippen molar-refractivity contribution in [1.29, 1.82) is 0 Å². The fourth-order valence-corrected chi connectivity index (χ4v) is 2.64. The van der Waals surface area contributed by atoms with Crippen LogP contribution in [0.2, 0.25) is 0 Å². The van der Waals surface area contributed by atoms with Crippen LogP contribution in [0.3, 0.4) is 0 Å². The number of aromatic nitrogens is 4. The Hall–Kier alpha value is -3.21. The van der Waals surface area contributed by atoms with Crippen LogP contribution in [0.1, 0.15) is 5.56 Å². The lowest BCUT2D eigenvalue weighted by Crippen LogP contribution is -2.48. The van der Waals surface area contributed by atoms with E-state index < -0.39 is 17.6 Å². The molecule has 3 aromatic rings. The fourth-order valence-electron chi connectivity index (χ4n) is 2.64. The van der Waals surface area contributed by atoms with E-state index >= 15 is 0 Å². The molecule has 8 nitrogen and oxygen atoms in total. The van der Waals surface area contributed by atoms with E-state index in [2.05, 4.69) is 25.7 Å². The number of nitrogen functional groups attached to an aromatic ring is 1. The van der Waals surface area contributed by atoms with Crippen LogP contribution in [0, 0.1) is 5.92 Å². The summed E-state index contributed by atoms with van der Waals surface area (Å²) in [5.41, 5.74) is 5.18. The summed E-state index contributed by atoms with van der Waals surface area (Å²) < 4.78 is 40.4. The summed E-state index contributed by atoms with van der Waals surface area (Å²) in [5, 5.41) is 9.95. The molecular formula is C16H14F3N7O. The van der Waals surface area contributed by atoms with Crippen LogP contribution < -0.4 is 16.4 Å². The van der Waals surface area contributed by atoms with Crippen molar-refractivity contribution >= 4 is 23.2 Å². The smallest absolute Gasteiger partial charge is 0.383 e. The van der Waals surface area contributed by atoms with Gasteiger partial charge in [-0.05, 0) is 18.2 Å². The van der Waals surface area contributed by atoms with Gasteiger partial charge >= 0.3 is 6.18 Å². The third-order valence-corrected chi connectivity index (χ3v) is 4.24. The lowest BCUT2D eigenvalue weighted by atomic mass is 10.0. The highest BCUT2D eigenvalue weighted by atomic mass is 19.4. The number of halogens is 3. The fraction of sp³-hybridized carbons (Fsp3) is 0.250. The largest absolute Gasteiger partial charge is 0.419 e. The van der Waals surface area contributed by atoms with Crippen LogP contribution in [0.4, 0.5) is 24.8 Å². The van der Waals surface area contributed by atoms with Gasteiger partial charge in [-0.1, -0.05) is 0 Å². The summed E-state index contributed by atoms with van der Waals surface area (Å²) in [7, 11) is 0. The van der Waals surface area contributed by atoms with Crippen molar-refractivity contribution < 1.29 is 18.0 Å². The minimum atomic E-state index is -4.61. The number of hydrogen-bond donors (Lipinski definition) is 3. The van der Waals surface area contributed by atoms with E-state index in [0.29, 0.717) is 24.6 Å². The first kappa shape index (κ1) is 17.2. The molecule has 1 amide bonds. The number of imidazole rings is 1. The Balaban J connectivity index is 1.64. The van der Waals surface area contributed by atoms with Crippen LogP contribution in [-0.2, 0) is 11.0 Å². The standard InChI is InChI=1S/C16H14F3N7O/c17-16(18,19)10-3-8(6-22-14(10)20)11-1-2-13-23-12(7-26(13)25-11)24-15(27)9-4-21-5-9/h1-3,6-7,9,21H,4-5H2,(H2,20,22)(H,24,27). The summed E-state index contributed by atoms with van der Waals surface area (Å²) in [5.74, 6) is -0.511. The Morgan fingerprint density at radius 2 is 2.11 bits per heavy atom. The van der Waals surface area contributed by atoms with Crippen molar-refractivity contribution in [2.45, 2.75) is 6.18 Å². The number of nitrogens with zero attached hydrogens (tertiary/aromatic N) is 4. The number of rotatable bonds is 3. The van der Waals surface area contributed by atoms with E-state index in [-0.39, 0.29) is 23.1 Å². The average Bonchev–Trinajstić information content (AvgIpc) is 2.93. The first-order valence-corrected chi connectivity index (χ1v) is 8.02. The summed E-state index contributed by atoms with van der Waals surface area (Å²) in [6.07, 6.45) is -1.89. The second-order valence-electron chi connectivity index (χ2n) is 6.15. The van der Waals surface area contributed by atoms with E-state index in [1.54, 1.807) is 6.07 Å². The molecule has 1 fully saturated rings. The molecule has 27 heavy (non-hydrogen) atoms. The average molecular weight is 377 g/mol. The zero-order chi connectivity index (χ0) is 19.2. The number of fused-ring (bicyclic) bond motifs is 1. The van der Waals surface area contributed by atoms with Crippen molar-refractivity contribution in [3.8, 4) is 11.3 Å².